The summed E-state index contributed by atoms with van der Waals surface area (Å²) in [6.45, 7) is 0.723. The summed E-state index contributed by atoms with van der Waals surface area (Å²) in [6, 6.07) is 11.6. The Balaban J connectivity index is 0.00000200. The molecule has 2 rings (SSSR count). The highest BCUT2D eigenvalue weighted by atomic mass is 35.5. The molecule has 0 aliphatic carbocycles. The first-order valence-electron chi connectivity index (χ1n) is 5.67. The van der Waals surface area contributed by atoms with Gasteiger partial charge in [-0.2, -0.15) is 10.2 Å². The summed E-state index contributed by atoms with van der Waals surface area (Å²) >= 11 is 5.86. The molecule has 1 aromatic carbocycles. The highest BCUT2D eigenvalue weighted by Gasteiger charge is 2.00. The number of nitrogens with zero attached hydrogens (tertiary/aromatic N) is 3. The zero-order chi connectivity index (χ0) is 13.7. The number of hydrogen-bond acceptors (Lipinski definition) is 3. The maximum Gasteiger partial charge on any atom is 0.121 e. The van der Waals surface area contributed by atoms with Gasteiger partial charge in [-0.1, -0.05) is 23.7 Å². The van der Waals surface area contributed by atoms with Gasteiger partial charge in [-0.3, -0.25) is 5.41 Å². The van der Waals surface area contributed by atoms with Crippen molar-refractivity contribution in [2.45, 2.75) is 6.54 Å². The van der Waals surface area contributed by atoms with Crippen molar-refractivity contribution in [3.63, 3.8) is 0 Å². The van der Waals surface area contributed by atoms with Gasteiger partial charge in [0.05, 0.1) is 11.9 Å². The molecule has 7 heteroatoms. The van der Waals surface area contributed by atoms with Crippen LogP contribution in [-0.2, 0) is 6.54 Å². The van der Waals surface area contributed by atoms with Crippen molar-refractivity contribution >= 4 is 36.6 Å². The zero-order valence-corrected chi connectivity index (χ0v) is 12.2. The summed E-state index contributed by atoms with van der Waals surface area (Å²) in [7, 11) is 0. The van der Waals surface area contributed by atoms with Crippen molar-refractivity contribution < 1.29 is 0 Å². The van der Waals surface area contributed by atoms with E-state index >= 15 is 0 Å². The number of nitrogens with one attached hydrogen (secondary N) is 1. The van der Waals surface area contributed by atoms with Crippen LogP contribution < -0.4 is 5.84 Å². The van der Waals surface area contributed by atoms with Crippen LogP contribution in [0.3, 0.4) is 0 Å². The second kappa shape index (κ2) is 7.69. The summed E-state index contributed by atoms with van der Waals surface area (Å²) in [4.78, 5) is 0. The largest absolute Gasteiger partial charge is 0.342 e. The first-order valence-corrected chi connectivity index (χ1v) is 6.05. The van der Waals surface area contributed by atoms with Gasteiger partial charge in [0.1, 0.15) is 6.34 Å². The van der Waals surface area contributed by atoms with Gasteiger partial charge < -0.3 is 4.57 Å². The molecule has 0 aliphatic rings. The number of rotatable bonds is 5. The number of hydrogen-bond donors (Lipinski definition) is 2. The van der Waals surface area contributed by atoms with Gasteiger partial charge in [0.15, 0.2) is 0 Å². The Morgan fingerprint density at radius 1 is 1.30 bits per heavy atom. The van der Waals surface area contributed by atoms with Crippen LogP contribution >= 0.6 is 24.0 Å². The smallest absolute Gasteiger partial charge is 0.121 e. The van der Waals surface area contributed by atoms with E-state index in [0.29, 0.717) is 0 Å². The molecule has 20 heavy (non-hydrogen) atoms. The Kier molecular flexibility index (Phi) is 6.24. The van der Waals surface area contributed by atoms with Crippen molar-refractivity contribution in [3.05, 3.63) is 58.9 Å². The monoisotopic (exact) mass is 311 g/mol. The van der Waals surface area contributed by atoms with Crippen molar-refractivity contribution in [2.75, 3.05) is 0 Å². The fourth-order valence-corrected chi connectivity index (χ4v) is 1.76. The summed E-state index contributed by atoms with van der Waals surface area (Å²) in [6.07, 6.45) is 4.51. The molecular weight excluding hydrogens is 297 g/mol. The second-order valence-corrected chi connectivity index (χ2v) is 4.38. The van der Waals surface area contributed by atoms with E-state index in [0.717, 1.165) is 34.3 Å². The number of nitrogens with two attached hydrogens (primary N) is 1. The van der Waals surface area contributed by atoms with Gasteiger partial charge >= 0.3 is 0 Å². The third-order valence-corrected chi connectivity index (χ3v) is 2.84. The average molecular weight is 312 g/mol. The van der Waals surface area contributed by atoms with Crippen LogP contribution in [0.15, 0.2) is 47.7 Å². The standard InChI is InChI=1S/C13H14ClN5.ClH/c14-12-5-3-11(4-6-12)9-18-7-1-2-13(18)8-17-19(16)10-15;/h1-8,10,15H,9,16H2;1H. The van der Waals surface area contributed by atoms with E-state index in [2.05, 4.69) is 5.10 Å². The maximum absolute atomic E-state index is 6.93. The number of benzene rings is 1. The fraction of sp³-hybridized carbons (Fsp3) is 0.0769. The van der Waals surface area contributed by atoms with Crippen LogP contribution in [0.5, 0.6) is 0 Å². The van der Waals surface area contributed by atoms with E-state index in [1.807, 2.05) is 47.2 Å². The summed E-state index contributed by atoms with van der Waals surface area (Å²) in [5.41, 5.74) is 2.05. The van der Waals surface area contributed by atoms with Crippen molar-refractivity contribution in [3.8, 4) is 0 Å². The molecule has 0 spiro atoms. The molecule has 0 fully saturated rings. The summed E-state index contributed by atoms with van der Waals surface area (Å²) in [5.74, 6) is 5.38. The van der Waals surface area contributed by atoms with E-state index in [-0.39, 0.29) is 12.4 Å². The average Bonchev–Trinajstić information content (AvgIpc) is 2.86. The van der Waals surface area contributed by atoms with Gasteiger partial charge in [-0.05, 0) is 29.8 Å². The molecule has 5 nitrogen and oxygen atoms in total. The second-order valence-electron chi connectivity index (χ2n) is 3.94. The summed E-state index contributed by atoms with van der Waals surface area (Å²) in [5, 5.41) is 12.5. The topological polar surface area (TPSA) is 70.4 Å². The number of hydrazine groups is 1. The Morgan fingerprint density at radius 2 is 2.00 bits per heavy atom. The molecule has 0 aliphatic heterocycles. The van der Waals surface area contributed by atoms with E-state index in [4.69, 9.17) is 22.9 Å². The molecule has 1 aromatic heterocycles. The Labute approximate surface area is 128 Å². The minimum absolute atomic E-state index is 0. The number of halogens is 2. The van der Waals surface area contributed by atoms with Crippen LogP contribution in [0.2, 0.25) is 5.02 Å². The quantitative estimate of drug-likeness (QED) is 0.386. The van der Waals surface area contributed by atoms with Crippen LogP contribution in [-0.4, -0.2) is 22.2 Å². The third kappa shape index (κ3) is 4.38. The first-order chi connectivity index (χ1) is 9.19. The van der Waals surface area contributed by atoms with Crippen LogP contribution in [0.1, 0.15) is 11.3 Å². The lowest BCUT2D eigenvalue weighted by molar-refractivity contribution is 0.485. The highest BCUT2D eigenvalue weighted by Crippen LogP contribution is 2.11. The van der Waals surface area contributed by atoms with Crippen LogP contribution in [0, 0.1) is 5.41 Å². The molecule has 0 saturated carbocycles. The van der Waals surface area contributed by atoms with E-state index < -0.39 is 0 Å². The molecule has 0 radical (unpaired) electrons. The van der Waals surface area contributed by atoms with Crippen molar-refractivity contribution in [2.24, 2.45) is 10.9 Å². The predicted molar refractivity (Wildman–Crippen MR) is 84.6 cm³/mol. The lowest BCUT2D eigenvalue weighted by Gasteiger charge is -2.07. The van der Waals surface area contributed by atoms with Gasteiger partial charge in [-0.15, -0.1) is 12.4 Å². The van der Waals surface area contributed by atoms with Gasteiger partial charge in [0, 0.05) is 17.8 Å². The SMILES string of the molecule is Cl.N=CN(N)N=Cc1cccn1Cc1ccc(Cl)cc1. The molecular formula is C13H15Cl2N5. The van der Waals surface area contributed by atoms with E-state index in [1.54, 1.807) is 6.21 Å². The third-order valence-electron chi connectivity index (χ3n) is 2.59. The normalized spacial score (nSPS) is 10.3. The van der Waals surface area contributed by atoms with Gasteiger partial charge in [0.2, 0.25) is 0 Å². The van der Waals surface area contributed by atoms with Crippen molar-refractivity contribution in [1.82, 2.24) is 9.69 Å². The minimum atomic E-state index is 0. The van der Waals surface area contributed by atoms with Gasteiger partial charge in [0.25, 0.3) is 0 Å². The first kappa shape index (κ1) is 16.2. The Bertz CT molecular complexity index is 577. The molecule has 2 aromatic rings. The lowest BCUT2D eigenvalue weighted by atomic mass is 10.2. The number of aromatic nitrogens is 1. The molecule has 0 bridgehead atoms. The zero-order valence-electron chi connectivity index (χ0n) is 10.6. The lowest BCUT2D eigenvalue weighted by Crippen LogP contribution is -2.22. The Hall–Kier alpha value is -1.82. The molecule has 0 atom stereocenters. The maximum atomic E-state index is 6.93. The fourth-order valence-electron chi connectivity index (χ4n) is 1.63. The minimum Gasteiger partial charge on any atom is -0.342 e. The molecule has 1 heterocycles. The van der Waals surface area contributed by atoms with Crippen LogP contribution in [0.25, 0.3) is 0 Å². The van der Waals surface area contributed by atoms with Crippen molar-refractivity contribution in [1.29, 1.82) is 5.41 Å². The summed E-state index contributed by atoms with van der Waals surface area (Å²) < 4.78 is 2.03. The molecule has 0 unspecified atom stereocenters. The van der Waals surface area contributed by atoms with Crippen LogP contribution in [0.4, 0.5) is 0 Å². The van der Waals surface area contributed by atoms with Gasteiger partial charge in [-0.25, -0.2) is 5.84 Å². The molecule has 3 N–H and O–H groups in total. The molecule has 0 saturated heterocycles. The molecule has 0 amide bonds. The molecule has 106 valence electrons. The number of hydrazone groups is 1. The Morgan fingerprint density at radius 3 is 2.65 bits per heavy atom. The highest BCUT2D eigenvalue weighted by molar-refractivity contribution is 6.30. The van der Waals surface area contributed by atoms with E-state index in [9.17, 15) is 0 Å². The van der Waals surface area contributed by atoms with E-state index in [1.165, 1.54) is 0 Å². The predicted octanol–water partition coefficient (Wildman–Crippen LogP) is 2.73.